The number of amides is 2. The highest BCUT2D eigenvalue weighted by Gasteiger charge is 2.32. The zero-order valence-corrected chi connectivity index (χ0v) is 26.2. The van der Waals surface area contributed by atoms with E-state index in [-0.39, 0.29) is 44.2 Å². The van der Waals surface area contributed by atoms with E-state index in [1.165, 1.54) is 21.3 Å². The summed E-state index contributed by atoms with van der Waals surface area (Å²) in [6, 6.07) is 20.1. The minimum Gasteiger partial charge on any atom is -0.350 e. The van der Waals surface area contributed by atoms with E-state index in [0.717, 1.165) is 22.9 Å². The van der Waals surface area contributed by atoms with Crippen molar-refractivity contribution in [1.82, 2.24) is 10.2 Å². The van der Waals surface area contributed by atoms with Crippen molar-refractivity contribution >= 4 is 27.5 Å². The lowest BCUT2D eigenvalue weighted by atomic mass is 10.00. The van der Waals surface area contributed by atoms with Crippen molar-refractivity contribution in [1.29, 1.82) is 0 Å². The Balaban J connectivity index is 1.92. The van der Waals surface area contributed by atoms with Crippen LogP contribution in [0.25, 0.3) is 0 Å². The molecule has 0 aliphatic carbocycles. The number of carbonyl (C=O) groups excluding carboxylic acids is 2. The van der Waals surface area contributed by atoms with Crippen molar-refractivity contribution in [3.05, 3.63) is 101 Å². The van der Waals surface area contributed by atoms with E-state index in [2.05, 4.69) is 5.32 Å². The summed E-state index contributed by atoms with van der Waals surface area (Å²) < 4.78 is 40.5. The minimum atomic E-state index is -3.61. The van der Waals surface area contributed by atoms with Gasteiger partial charge in [0.05, 0.1) is 11.9 Å². The number of aryl methyl sites for hydroxylation is 2. The molecule has 0 spiro atoms. The molecule has 0 radical (unpaired) electrons. The molecule has 0 fully saturated rings. The minimum absolute atomic E-state index is 0.0200. The van der Waals surface area contributed by atoms with E-state index in [4.69, 9.17) is 0 Å². The van der Waals surface area contributed by atoms with Crippen molar-refractivity contribution in [3.8, 4) is 0 Å². The number of halogens is 1. The molecule has 0 heterocycles. The summed E-state index contributed by atoms with van der Waals surface area (Å²) in [6.07, 6.45) is 1.71. The average Bonchev–Trinajstić information content (AvgIpc) is 2.90. The second kappa shape index (κ2) is 14.0. The average molecular weight is 596 g/mol. The number of benzene rings is 3. The number of hydrogen-bond acceptors (Lipinski definition) is 4. The molecule has 0 aliphatic rings. The van der Waals surface area contributed by atoms with Gasteiger partial charge in [-0.1, -0.05) is 54.6 Å². The van der Waals surface area contributed by atoms with E-state index >= 15 is 0 Å². The van der Waals surface area contributed by atoms with Crippen LogP contribution in [-0.2, 0) is 32.6 Å². The van der Waals surface area contributed by atoms with Gasteiger partial charge in [0, 0.05) is 31.5 Å². The molecule has 0 saturated carbocycles. The Bertz CT molecular complexity index is 1470. The Morgan fingerprint density at radius 1 is 0.929 bits per heavy atom. The van der Waals surface area contributed by atoms with Gasteiger partial charge in [0.1, 0.15) is 11.9 Å². The van der Waals surface area contributed by atoms with Crippen LogP contribution < -0.4 is 9.62 Å². The van der Waals surface area contributed by atoms with Crippen LogP contribution in [0.4, 0.5) is 10.1 Å². The van der Waals surface area contributed by atoms with Crippen molar-refractivity contribution in [2.45, 2.75) is 72.0 Å². The maximum absolute atomic E-state index is 13.9. The normalized spacial score (nSPS) is 12.5. The fourth-order valence-corrected chi connectivity index (χ4v) is 5.78. The molecule has 2 amide bonds. The summed E-state index contributed by atoms with van der Waals surface area (Å²) in [5.41, 5.74) is 3.37. The van der Waals surface area contributed by atoms with Gasteiger partial charge < -0.3 is 10.2 Å². The van der Waals surface area contributed by atoms with Gasteiger partial charge in [-0.3, -0.25) is 13.9 Å². The molecule has 3 rings (SSSR count). The number of nitrogens with one attached hydrogen (secondary N) is 1. The smallest absolute Gasteiger partial charge is 0.243 e. The van der Waals surface area contributed by atoms with Crippen molar-refractivity contribution in [2.75, 3.05) is 17.1 Å². The molecule has 9 heteroatoms. The molecule has 3 aromatic rings. The molecule has 0 unspecified atom stereocenters. The van der Waals surface area contributed by atoms with Gasteiger partial charge in [-0.25, -0.2) is 12.8 Å². The molecule has 1 atom stereocenters. The molecule has 0 aliphatic heterocycles. The Morgan fingerprint density at radius 3 is 2.17 bits per heavy atom. The van der Waals surface area contributed by atoms with Crippen molar-refractivity contribution in [2.24, 2.45) is 0 Å². The van der Waals surface area contributed by atoms with Crippen LogP contribution in [0.15, 0.2) is 72.8 Å². The van der Waals surface area contributed by atoms with Crippen LogP contribution in [0.5, 0.6) is 0 Å². The standard InChI is InChI=1S/C33H42FN3O4S/c1-24-14-15-25(2)29(21-24)37(42(6,40)41)20-10-13-31(38)36(23-27-16-18-28(34)19-17-27)30(32(39)35-33(3,4)5)22-26-11-8-7-9-12-26/h7-9,11-12,14-19,21,30H,10,13,20,22-23H2,1-6H3,(H,35,39)/t30-/m1/s1. The van der Waals surface area contributed by atoms with Gasteiger partial charge in [0.25, 0.3) is 0 Å². The number of rotatable bonds is 12. The van der Waals surface area contributed by atoms with Crippen molar-refractivity contribution < 1.29 is 22.4 Å². The van der Waals surface area contributed by atoms with E-state index < -0.39 is 27.4 Å². The SMILES string of the molecule is Cc1ccc(C)c(N(CCCC(=O)N(Cc2ccc(F)cc2)[C@H](Cc2ccccc2)C(=O)NC(C)(C)C)S(C)(=O)=O)c1. The van der Waals surface area contributed by atoms with Gasteiger partial charge in [-0.15, -0.1) is 0 Å². The summed E-state index contributed by atoms with van der Waals surface area (Å²) in [4.78, 5) is 29.1. The maximum atomic E-state index is 13.9. The third-order valence-electron chi connectivity index (χ3n) is 6.82. The summed E-state index contributed by atoms with van der Waals surface area (Å²) in [5.74, 6) is -0.982. The first kappa shape index (κ1) is 32.8. The molecule has 1 N–H and O–H groups in total. The van der Waals surface area contributed by atoms with Crippen LogP contribution in [0.2, 0.25) is 0 Å². The van der Waals surface area contributed by atoms with E-state index in [9.17, 15) is 22.4 Å². The lowest BCUT2D eigenvalue weighted by Gasteiger charge is -2.34. The predicted octanol–water partition coefficient (Wildman–Crippen LogP) is 5.54. The molecular formula is C33H42FN3O4S. The molecule has 0 aromatic heterocycles. The largest absolute Gasteiger partial charge is 0.350 e. The van der Waals surface area contributed by atoms with Crippen LogP contribution >= 0.6 is 0 Å². The molecular weight excluding hydrogens is 553 g/mol. The second-order valence-corrected chi connectivity index (χ2v) is 13.7. The highest BCUT2D eigenvalue weighted by molar-refractivity contribution is 7.92. The highest BCUT2D eigenvalue weighted by Crippen LogP contribution is 2.25. The fraction of sp³-hybridized carbons (Fsp3) is 0.394. The number of sulfonamides is 1. The highest BCUT2D eigenvalue weighted by atomic mass is 32.2. The Kier molecular flexibility index (Phi) is 10.9. The number of anilines is 1. The molecule has 226 valence electrons. The predicted molar refractivity (Wildman–Crippen MR) is 166 cm³/mol. The summed E-state index contributed by atoms with van der Waals surface area (Å²) in [6.45, 7) is 9.59. The molecule has 3 aromatic carbocycles. The maximum Gasteiger partial charge on any atom is 0.243 e. The van der Waals surface area contributed by atoms with E-state index in [0.29, 0.717) is 11.3 Å². The van der Waals surface area contributed by atoms with Gasteiger partial charge in [0.2, 0.25) is 21.8 Å². The summed E-state index contributed by atoms with van der Waals surface area (Å²) in [5, 5.41) is 3.02. The van der Waals surface area contributed by atoms with Crippen LogP contribution in [0.1, 0.15) is 55.9 Å². The Hall–Kier alpha value is -3.72. The van der Waals surface area contributed by atoms with E-state index in [1.807, 2.05) is 83.1 Å². The van der Waals surface area contributed by atoms with Crippen LogP contribution in [-0.4, -0.2) is 49.5 Å². The van der Waals surface area contributed by atoms with Gasteiger partial charge in [0.15, 0.2) is 0 Å². The number of carbonyl (C=O) groups is 2. The van der Waals surface area contributed by atoms with E-state index in [1.54, 1.807) is 12.1 Å². The van der Waals surface area contributed by atoms with Crippen LogP contribution in [0, 0.1) is 19.7 Å². The van der Waals surface area contributed by atoms with Crippen molar-refractivity contribution in [3.63, 3.8) is 0 Å². The Morgan fingerprint density at radius 2 is 1.57 bits per heavy atom. The quantitative estimate of drug-likeness (QED) is 0.298. The first-order chi connectivity index (χ1) is 19.6. The first-order valence-electron chi connectivity index (χ1n) is 14.1. The fourth-order valence-electron chi connectivity index (χ4n) is 4.76. The van der Waals surface area contributed by atoms with Crippen LogP contribution in [0.3, 0.4) is 0 Å². The second-order valence-electron chi connectivity index (χ2n) is 11.8. The molecule has 0 saturated heterocycles. The first-order valence-corrected chi connectivity index (χ1v) is 15.9. The monoisotopic (exact) mass is 595 g/mol. The zero-order chi connectivity index (χ0) is 31.1. The summed E-state index contributed by atoms with van der Waals surface area (Å²) >= 11 is 0. The van der Waals surface area contributed by atoms with Gasteiger partial charge in [-0.2, -0.15) is 0 Å². The molecule has 42 heavy (non-hydrogen) atoms. The lowest BCUT2D eigenvalue weighted by molar-refractivity contribution is -0.142. The number of nitrogens with zero attached hydrogens (tertiary/aromatic N) is 2. The molecule has 7 nitrogen and oxygen atoms in total. The van der Waals surface area contributed by atoms with Gasteiger partial charge >= 0.3 is 0 Å². The third-order valence-corrected chi connectivity index (χ3v) is 8.00. The zero-order valence-electron chi connectivity index (χ0n) is 25.4. The molecule has 0 bridgehead atoms. The van der Waals surface area contributed by atoms with Gasteiger partial charge in [-0.05, 0) is 81.5 Å². The third kappa shape index (κ3) is 9.69. The Labute approximate surface area is 249 Å². The lowest BCUT2D eigenvalue weighted by Crippen LogP contribution is -2.54. The number of hydrogen-bond donors (Lipinski definition) is 1. The summed E-state index contributed by atoms with van der Waals surface area (Å²) in [7, 11) is -3.61. The topological polar surface area (TPSA) is 86.8 Å².